The molecule has 0 unspecified atom stereocenters. The predicted molar refractivity (Wildman–Crippen MR) is 105 cm³/mol. The molecule has 2 rings (SSSR count). The second-order valence-electron chi connectivity index (χ2n) is 8.54. The Morgan fingerprint density at radius 3 is 1.96 bits per heavy atom. The first-order valence-corrected chi connectivity index (χ1v) is 8.67. The van der Waals surface area contributed by atoms with Gasteiger partial charge in [-0.15, -0.1) is 0 Å². The molecule has 0 aliphatic carbocycles. The van der Waals surface area contributed by atoms with Gasteiger partial charge in [0, 0.05) is 0 Å². The summed E-state index contributed by atoms with van der Waals surface area (Å²) in [6.07, 6.45) is 5.24. The molecule has 0 saturated carbocycles. The number of hydrogen-bond acceptors (Lipinski definition) is 1. The summed E-state index contributed by atoms with van der Waals surface area (Å²) in [6, 6.07) is 14.5. The van der Waals surface area contributed by atoms with Crippen LogP contribution in [0.25, 0.3) is 6.08 Å². The van der Waals surface area contributed by atoms with Gasteiger partial charge < -0.3 is 5.11 Å². The van der Waals surface area contributed by atoms with Gasteiger partial charge in [-0.1, -0.05) is 90.1 Å². The third-order valence-electron chi connectivity index (χ3n) is 4.29. The van der Waals surface area contributed by atoms with Crippen LogP contribution in [0.4, 0.5) is 0 Å². The van der Waals surface area contributed by atoms with E-state index in [0.29, 0.717) is 5.75 Å². The molecule has 0 amide bonds. The maximum atomic E-state index is 10.5. The van der Waals surface area contributed by atoms with Gasteiger partial charge in [-0.3, -0.25) is 0 Å². The van der Waals surface area contributed by atoms with Crippen LogP contribution in [0.15, 0.2) is 48.5 Å². The van der Waals surface area contributed by atoms with Gasteiger partial charge >= 0.3 is 0 Å². The lowest BCUT2D eigenvalue weighted by atomic mass is 9.78. The number of aromatic hydroxyl groups is 1. The second kappa shape index (κ2) is 6.84. The van der Waals surface area contributed by atoms with Crippen LogP contribution in [-0.2, 0) is 17.3 Å². The van der Waals surface area contributed by atoms with Crippen LogP contribution < -0.4 is 0 Å². The van der Waals surface area contributed by atoms with Crippen molar-refractivity contribution in [3.8, 4) is 5.75 Å². The highest BCUT2D eigenvalue weighted by Crippen LogP contribution is 2.37. The van der Waals surface area contributed by atoms with Gasteiger partial charge in [0.2, 0.25) is 0 Å². The number of phenols is 1. The Bertz CT molecular complexity index is 710. The second-order valence-corrected chi connectivity index (χ2v) is 8.54. The zero-order valence-corrected chi connectivity index (χ0v) is 15.9. The SMILES string of the molecule is CC(C)(C)c1cc(C/C=C/c2ccccc2)c(C(C)(C)C)cc1O. The molecule has 0 saturated heterocycles. The van der Waals surface area contributed by atoms with E-state index < -0.39 is 0 Å². The van der Waals surface area contributed by atoms with Crippen molar-refractivity contribution in [3.05, 3.63) is 70.8 Å². The molecule has 0 atom stereocenters. The summed E-state index contributed by atoms with van der Waals surface area (Å²) in [5.74, 6) is 0.406. The topological polar surface area (TPSA) is 20.2 Å². The Morgan fingerprint density at radius 1 is 0.833 bits per heavy atom. The molecule has 0 fully saturated rings. The first-order chi connectivity index (χ1) is 11.1. The lowest BCUT2D eigenvalue weighted by molar-refractivity contribution is 0.442. The first-order valence-electron chi connectivity index (χ1n) is 8.67. The van der Waals surface area contributed by atoms with Gasteiger partial charge in [0.15, 0.2) is 0 Å². The minimum Gasteiger partial charge on any atom is -0.508 e. The van der Waals surface area contributed by atoms with Gasteiger partial charge in [0.25, 0.3) is 0 Å². The van der Waals surface area contributed by atoms with Crippen molar-refractivity contribution in [2.75, 3.05) is 0 Å². The van der Waals surface area contributed by atoms with Crippen LogP contribution in [0.2, 0.25) is 0 Å². The van der Waals surface area contributed by atoms with E-state index in [-0.39, 0.29) is 10.8 Å². The minimum absolute atomic E-state index is 0.00378. The molecule has 1 nitrogen and oxygen atoms in total. The minimum atomic E-state index is -0.0710. The summed E-state index contributed by atoms with van der Waals surface area (Å²) in [4.78, 5) is 0. The molecule has 2 aromatic carbocycles. The van der Waals surface area contributed by atoms with E-state index in [1.54, 1.807) is 0 Å². The fourth-order valence-corrected chi connectivity index (χ4v) is 2.99. The smallest absolute Gasteiger partial charge is 0.119 e. The summed E-state index contributed by atoms with van der Waals surface area (Å²) >= 11 is 0. The molecular formula is C23H30O. The summed E-state index contributed by atoms with van der Waals surface area (Å²) in [6.45, 7) is 13.0. The van der Waals surface area contributed by atoms with Crippen molar-refractivity contribution in [2.24, 2.45) is 0 Å². The Labute approximate surface area is 147 Å². The lowest BCUT2D eigenvalue weighted by Gasteiger charge is -2.27. The van der Waals surface area contributed by atoms with Crippen LogP contribution in [0.1, 0.15) is 63.8 Å². The van der Waals surface area contributed by atoms with Gasteiger partial charge in [0.05, 0.1) is 0 Å². The Morgan fingerprint density at radius 2 is 1.42 bits per heavy atom. The Balaban J connectivity index is 2.40. The van der Waals surface area contributed by atoms with Gasteiger partial charge in [0.1, 0.15) is 5.75 Å². The zero-order valence-electron chi connectivity index (χ0n) is 15.9. The van der Waals surface area contributed by atoms with E-state index >= 15 is 0 Å². The fourth-order valence-electron chi connectivity index (χ4n) is 2.99. The molecule has 0 spiro atoms. The highest BCUT2D eigenvalue weighted by Gasteiger charge is 2.24. The standard InChI is InChI=1S/C23H30O/c1-22(2,3)19-16-21(24)20(23(4,5)6)15-18(19)14-10-13-17-11-8-7-9-12-17/h7-13,15-16,24H,14H2,1-6H3/b13-10+. The number of hydrogen-bond donors (Lipinski definition) is 1. The first kappa shape index (κ1) is 18.3. The molecule has 24 heavy (non-hydrogen) atoms. The highest BCUT2D eigenvalue weighted by molar-refractivity contribution is 5.52. The van der Waals surface area contributed by atoms with Crippen molar-refractivity contribution >= 4 is 6.08 Å². The summed E-state index contributed by atoms with van der Waals surface area (Å²) < 4.78 is 0. The van der Waals surface area contributed by atoms with Gasteiger partial charge in [-0.25, -0.2) is 0 Å². The fraction of sp³-hybridized carbons (Fsp3) is 0.391. The number of phenolic OH excluding ortho intramolecular Hbond substituents is 1. The zero-order chi connectivity index (χ0) is 18.0. The predicted octanol–water partition coefficient (Wildman–Crippen LogP) is 6.24. The van der Waals surface area contributed by atoms with Crippen molar-refractivity contribution in [1.82, 2.24) is 0 Å². The van der Waals surface area contributed by atoms with E-state index in [1.807, 2.05) is 12.1 Å². The molecule has 0 heterocycles. The number of rotatable bonds is 3. The summed E-state index contributed by atoms with van der Waals surface area (Å²) in [7, 11) is 0. The van der Waals surface area contributed by atoms with E-state index in [1.165, 1.54) is 16.7 Å². The maximum Gasteiger partial charge on any atom is 0.119 e. The largest absolute Gasteiger partial charge is 0.508 e. The monoisotopic (exact) mass is 322 g/mol. The van der Waals surface area contributed by atoms with Crippen molar-refractivity contribution in [3.63, 3.8) is 0 Å². The molecule has 2 aromatic rings. The summed E-state index contributed by atoms with van der Waals surface area (Å²) in [5, 5.41) is 10.5. The quantitative estimate of drug-likeness (QED) is 0.709. The third kappa shape index (κ3) is 4.50. The lowest BCUT2D eigenvalue weighted by Crippen LogP contribution is -2.17. The average Bonchev–Trinajstić information content (AvgIpc) is 2.47. The Hall–Kier alpha value is -2.02. The molecule has 0 aliphatic rings. The molecule has 128 valence electrons. The van der Waals surface area contributed by atoms with E-state index in [9.17, 15) is 5.11 Å². The highest BCUT2D eigenvalue weighted by atomic mass is 16.3. The molecule has 0 aliphatic heterocycles. The van der Waals surface area contributed by atoms with Crippen LogP contribution in [-0.4, -0.2) is 5.11 Å². The number of benzene rings is 2. The van der Waals surface area contributed by atoms with Crippen LogP contribution >= 0.6 is 0 Å². The van der Waals surface area contributed by atoms with E-state index in [4.69, 9.17) is 0 Å². The maximum absolute atomic E-state index is 10.5. The van der Waals surface area contributed by atoms with E-state index in [2.05, 4.69) is 84.0 Å². The van der Waals surface area contributed by atoms with E-state index in [0.717, 1.165) is 12.0 Å². The number of allylic oxidation sites excluding steroid dienone is 1. The Kier molecular flexibility index (Phi) is 5.22. The van der Waals surface area contributed by atoms with Crippen LogP contribution in [0.3, 0.4) is 0 Å². The van der Waals surface area contributed by atoms with Gasteiger partial charge in [-0.2, -0.15) is 0 Å². The molecule has 0 bridgehead atoms. The van der Waals surface area contributed by atoms with Gasteiger partial charge in [-0.05, 0) is 45.6 Å². The van der Waals surface area contributed by atoms with Crippen molar-refractivity contribution < 1.29 is 5.11 Å². The van der Waals surface area contributed by atoms with Crippen molar-refractivity contribution in [2.45, 2.75) is 58.8 Å². The summed E-state index contributed by atoms with van der Waals surface area (Å²) in [5.41, 5.74) is 4.66. The third-order valence-corrected chi connectivity index (χ3v) is 4.29. The molecular weight excluding hydrogens is 292 g/mol. The average molecular weight is 322 g/mol. The normalized spacial score (nSPS) is 12.8. The molecule has 1 heteroatoms. The van der Waals surface area contributed by atoms with Crippen LogP contribution in [0, 0.1) is 0 Å². The van der Waals surface area contributed by atoms with Crippen molar-refractivity contribution in [1.29, 1.82) is 0 Å². The molecule has 1 N–H and O–H groups in total. The molecule has 0 aromatic heterocycles. The van der Waals surface area contributed by atoms with Crippen LogP contribution in [0.5, 0.6) is 5.75 Å². The molecule has 0 radical (unpaired) electrons.